The van der Waals surface area contributed by atoms with E-state index in [2.05, 4.69) is 69.3 Å². The molecule has 5 rings (SSSR count). The van der Waals surface area contributed by atoms with E-state index in [1.807, 2.05) is 10.4 Å². The zero-order valence-electron chi connectivity index (χ0n) is 22.9. The van der Waals surface area contributed by atoms with E-state index in [0.29, 0.717) is 25.7 Å². The first-order valence-corrected chi connectivity index (χ1v) is 14.6. The molecule has 0 saturated carbocycles. The van der Waals surface area contributed by atoms with E-state index in [0.717, 1.165) is 54.6 Å². The Bertz CT molecular complexity index is 1290. The Kier molecular flexibility index (Phi) is 10.0. The smallest absolute Gasteiger partial charge is 0.290 e. The normalized spacial score (nSPS) is 18.0. The van der Waals surface area contributed by atoms with Gasteiger partial charge < -0.3 is 19.3 Å². The molecule has 39 heavy (non-hydrogen) atoms. The predicted molar refractivity (Wildman–Crippen MR) is 154 cm³/mol. The predicted octanol–water partition coefficient (Wildman–Crippen LogP) is 5.88. The molecule has 2 aliphatic heterocycles. The van der Waals surface area contributed by atoms with Gasteiger partial charge in [0.15, 0.2) is 0 Å². The van der Waals surface area contributed by atoms with Gasteiger partial charge in [0.05, 0.1) is 17.6 Å². The topological polar surface area (TPSA) is 85.3 Å². The number of carbonyl (C=O) groups is 1. The fraction of sp³-hybridized carbons (Fsp3) is 0.387. The molecule has 7 nitrogen and oxygen atoms in total. The fourth-order valence-electron chi connectivity index (χ4n) is 5.20. The molecular weight excluding hydrogens is 514 g/mol. The SMILES string of the molecule is CCC1COc2cc(OCc3cccc(-c4c(C)cc(OCCN5CCCS5=O)cc4C)c3)ccc21.O=CO. The van der Waals surface area contributed by atoms with Crippen LogP contribution in [-0.2, 0) is 22.4 Å². The molecule has 1 N–H and O–H groups in total. The van der Waals surface area contributed by atoms with Crippen LogP contribution in [0.25, 0.3) is 11.1 Å². The van der Waals surface area contributed by atoms with Crippen LogP contribution in [0.15, 0.2) is 54.6 Å². The molecule has 1 saturated heterocycles. The summed E-state index contributed by atoms with van der Waals surface area (Å²) in [5.41, 5.74) is 7.16. The van der Waals surface area contributed by atoms with Crippen LogP contribution in [0, 0.1) is 13.8 Å². The molecule has 2 heterocycles. The second-order valence-electron chi connectivity index (χ2n) is 9.80. The molecule has 208 valence electrons. The minimum atomic E-state index is -0.838. The minimum absolute atomic E-state index is 0.250. The average molecular weight is 552 g/mol. The monoisotopic (exact) mass is 551 g/mol. The first-order valence-electron chi connectivity index (χ1n) is 13.4. The highest BCUT2D eigenvalue weighted by atomic mass is 32.2. The minimum Gasteiger partial charge on any atom is -0.493 e. The summed E-state index contributed by atoms with van der Waals surface area (Å²) in [6.07, 6.45) is 2.09. The third-order valence-corrected chi connectivity index (χ3v) is 8.69. The van der Waals surface area contributed by atoms with E-state index < -0.39 is 11.0 Å². The van der Waals surface area contributed by atoms with E-state index in [9.17, 15) is 4.21 Å². The maximum absolute atomic E-state index is 11.9. The van der Waals surface area contributed by atoms with Crippen molar-refractivity contribution in [2.45, 2.75) is 46.1 Å². The summed E-state index contributed by atoms with van der Waals surface area (Å²) >= 11 is 0. The molecule has 8 heteroatoms. The van der Waals surface area contributed by atoms with Crippen molar-refractivity contribution in [3.8, 4) is 28.4 Å². The van der Waals surface area contributed by atoms with Gasteiger partial charge in [0, 0.05) is 36.4 Å². The first-order chi connectivity index (χ1) is 18.9. The van der Waals surface area contributed by atoms with Crippen LogP contribution in [0.3, 0.4) is 0 Å². The van der Waals surface area contributed by atoms with Gasteiger partial charge in [-0.1, -0.05) is 31.2 Å². The van der Waals surface area contributed by atoms with Crippen LogP contribution >= 0.6 is 0 Å². The van der Waals surface area contributed by atoms with Crippen LogP contribution < -0.4 is 14.2 Å². The van der Waals surface area contributed by atoms with E-state index in [-0.39, 0.29) is 6.47 Å². The Morgan fingerprint density at radius 2 is 1.85 bits per heavy atom. The maximum Gasteiger partial charge on any atom is 0.290 e. The lowest BCUT2D eigenvalue weighted by atomic mass is 9.94. The number of ether oxygens (including phenoxy) is 3. The van der Waals surface area contributed by atoms with Crippen molar-refractivity contribution in [3.63, 3.8) is 0 Å². The van der Waals surface area contributed by atoms with Gasteiger partial charge in [0.25, 0.3) is 6.47 Å². The van der Waals surface area contributed by atoms with Crippen molar-refractivity contribution < 1.29 is 28.3 Å². The van der Waals surface area contributed by atoms with Crippen molar-refractivity contribution in [2.24, 2.45) is 0 Å². The highest BCUT2D eigenvalue weighted by Gasteiger charge is 2.23. The van der Waals surface area contributed by atoms with Gasteiger partial charge >= 0.3 is 0 Å². The van der Waals surface area contributed by atoms with Crippen LogP contribution in [0.2, 0.25) is 0 Å². The quantitative estimate of drug-likeness (QED) is 0.334. The summed E-state index contributed by atoms with van der Waals surface area (Å²) in [6.45, 7) is 9.61. The molecule has 0 spiro atoms. The molecule has 0 bridgehead atoms. The third kappa shape index (κ3) is 7.19. The van der Waals surface area contributed by atoms with Crippen LogP contribution in [-0.4, -0.2) is 52.1 Å². The molecule has 2 atom stereocenters. The fourth-order valence-corrected chi connectivity index (χ4v) is 6.45. The van der Waals surface area contributed by atoms with Gasteiger partial charge in [-0.25, -0.2) is 8.51 Å². The van der Waals surface area contributed by atoms with Gasteiger partial charge in [-0.2, -0.15) is 0 Å². The highest BCUT2D eigenvalue weighted by Crippen LogP contribution is 2.38. The zero-order chi connectivity index (χ0) is 27.8. The van der Waals surface area contributed by atoms with E-state index in [1.54, 1.807) is 0 Å². The molecule has 0 aliphatic carbocycles. The van der Waals surface area contributed by atoms with Gasteiger partial charge in [0.1, 0.15) is 30.5 Å². The van der Waals surface area contributed by atoms with Crippen LogP contribution in [0.1, 0.15) is 47.9 Å². The average Bonchev–Trinajstić information content (AvgIpc) is 3.53. The maximum atomic E-state index is 11.9. The molecule has 0 amide bonds. The number of benzene rings is 3. The molecular formula is C31H37NO6S. The molecule has 3 aromatic rings. The molecule has 0 aromatic heterocycles. The summed E-state index contributed by atoms with van der Waals surface area (Å²) in [5.74, 6) is 3.92. The summed E-state index contributed by atoms with van der Waals surface area (Å²) in [4.78, 5) is 8.36. The number of hydrogen-bond acceptors (Lipinski definition) is 5. The Morgan fingerprint density at radius 1 is 1.08 bits per heavy atom. The number of fused-ring (bicyclic) bond motifs is 1. The van der Waals surface area contributed by atoms with Crippen molar-refractivity contribution >= 4 is 17.5 Å². The van der Waals surface area contributed by atoms with Crippen molar-refractivity contribution in [2.75, 3.05) is 32.1 Å². The van der Waals surface area contributed by atoms with Gasteiger partial charge in [-0.15, -0.1) is 0 Å². The first kappa shape index (κ1) is 28.6. The van der Waals surface area contributed by atoms with E-state index >= 15 is 0 Å². The number of carboxylic acid groups (broad SMARTS) is 1. The Labute approximate surface area is 233 Å². The second-order valence-corrected chi connectivity index (χ2v) is 11.4. The summed E-state index contributed by atoms with van der Waals surface area (Å²) in [7, 11) is -0.838. The van der Waals surface area contributed by atoms with Crippen LogP contribution in [0.5, 0.6) is 17.2 Å². The standard InChI is InChI=1S/C30H35NO4S.CH2O2/c1-4-24-20-35-29-18-26(9-10-28(24)29)34-19-23-7-5-8-25(17-23)30-21(2)15-27(16-22(30)3)33-13-12-31-11-6-14-36(31)32;2-1-3/h5,7-10,15-18,24H,4,6,11-14,19-20H2,1-3H3;1H,(H,2,3). The molecule has 2 unspecified atom stereocenters. The van der Waals surface area contributed by atoms with Gasteiger partial charge in [-0.3, -0.25) is 4.79 Å². The van der Waals surface area contributed by atoms with Gasteiger partial charge in [0.2, 0.25) is 0 Å². The number of hydrogen-bond donors (Lipinski definition) is 1. The van der Waals surface area contributed by atoms with E-state index in [1.165, 1.54) is 27.8 Å². The number of aryl methyl sites for hydroxylation is 2. The number of nitrogens with zero attached hydrogens (tertiary/aromatic N) is 1. The lowest BCUT2D eigenvalue weighted by Crippen LogP contribution is -2.26. The summed E-state index contributed by atoms with van der Waals surface area (Å²) < 4.78 is 31.9. The summed E-state index contributed by atoms with van der Waals surface area (Å²) in [6, 6.07) is 18.9. The third-order valence-electron chi connectivity index (χ3n) is 7.11. The highest BCUT2D eigenvalue weighted by molar-refractivity contribution is 7.82. The molecule has 1 fully saturated rings. The Balaban J connectivity index is 0.00000112. The van der Waals surface area contributed by atoms with Crippen molar-refractivity contribution in [3.05, 3.63) is 76.9 Å². The lowest BCUT2D eigenvalue weighted by Gasteiger charge is -2.17. The van der Waals surface area contributed by atoms with Crippen LogP contribution in [0.4, 0.5) is 0 Å². The van der Waals surface area contributed by atoms with Crippen molar-refractivity contribution in [1.82, 2.24) is 4.31 Å². The Hall–Kier alpha value is -3.36. The van der Waals surface area contributed by atoms with Crippen molar-refractivity contribution in [1.29, 1.82) is 0 Å². The molecule has 0 radical (unpaired) electrons. The molecule has 2 aliphatic rings. The van der Waals surface area contributed by atoms with Gasteiger partial charge in [-0.05, 0) is 78.8 Å². The van der Waals surface area contributed by atoms with E-state index in [4.69, 9.17) is 24.1 Å². The largest absolute Gasteiger partial charge is 0.493 e. The second kappa shape index (κ2) is 13.6. The summed E-state index contributed by atoms with van der Waals surface area (Å²) in [5, 5.41) is 6.89. The number of rotatable bonds is 9. The lowest BCUT2D eigenvalue weighted by molar-refractivity contribution is -0.122. The Morgan fingerprint density at radius 3 is 2.54 bits per heavy atom. The molecule has 3 aromatic carbocycles. The zero-order valence-corrected chi connectivity index (χ0v) is 23.7.